The zero-order valence-corrected chi connectivity index (χ0v) is 14.4. The average molecular weight is 300 g/mol. The van der Waals surface area contributed by atoms with Crippen molar-refractivity contribution >= 4 is 11.6 Å². The number of carbonyl (C=O) groups excluding carboxylic acids is 1. The van der Waals surface area contributed by atoms with Gasteiger partial charge in [-0.25, -0.2) is 0 Å². The van der Waals surface area contributed by atoms with Crippen LogP contribution >= 0.6 is 0 Å². The molecule has 120 valence electrons. The molecule has 1 N–H and O–H groups in total. The van der Waals surface area contributed by atoms with Crippen LogP contribution in [0.1, 0.15) is 50.4 Å². The van der Waals surface area contributed by atoms with Crippen LogP contribution in [-0.4, -0.2) is 26.0 Å². The van der Waals surface area contributed by atoms with E-state index in [9.17, 15) is 4.79 Å². The number of benzene rings is 1. The molecule has 0 aromatic heterocycles. The molecule has 22 heavy (non-hydrogen) atoms. The first-order chi connectivity index (χ1) is 10.3. The summed E-state index contributed by atoms with van der Waals surface area (Å²) in [6.07, 6.45) is 3.67. The minimum Gasteiger partial charge on any atom is -0.378 e. The summed E-state index contributed by atoms with van der Waals surface area (Å²) in [5, 5.41) is 3.32. The molecule has 3 nitrogen and oxygen atoms in total. The summed E-state index contributed by atoms with van der Waals surface area (Å²) in [6, 6.07) is 8.15. The van der Waals surface area contributed by atoms with Crippen molar-refractivity contribution in [2.24, 2.45) is 16.7 Å². The van der Waals surface area contributed by atoms with E-state index in [4.69, 9.17) is 0 Å². The second-order valence-corrected chi connectivity index (χ2v) is 8.08. The summed E-state index contributed by atoms with van der Waals surface area (Å²) < 4.78 is 0. The van der Waals surface area contributed by atoms with Gasteiger partial charge in [-0.2, -0.15) is 0 Å². The van der Waals surface area contributed by atoms with E-state index < -0.39 is 0 Å². The Bertz CT molecular complexity index is 576. The summed E-state index contributed by atoms with van der Waals surface area (Å²) in [5.41, 5.74) is 2.44. The molecule has 2 bridgehead atoms. The molecular weight excluding hydrogens is 272 g/mol. The van der Waals surface area contributed by atoms with Crippen molar-refractivity contribution in [2.45, 2.75) is 46.1 Å². The zero-order chi connectivity index (χ0) is 16.1. The highest BCUT2D eigenvalue weighted by Gasteiger charge is 2.61. The van der Waals surface area contributed by atoms with Gasteiger partial charge in [-0.05, 0) is 60.3 Å². The third-order valence-corrected chi connectivity index (χ3v) is 6.75. The van der Waals surface area contributed by atoms with E-state index >= 15 is 0 Å². The van der Waals surface area contributed by atoms with Crippen molar-refractivity contribution in [3.05, 3.63) is 29.8 Å². The molecule has 0 heterocycles. The fraction of sp³-hybridized carbons (Fsp3) is 0.632. The second kappa shape index (κ2) is 5.00. The lowest BCUT2D eigenvalue weighted by molar-refractivity contribution is 0.0826. The van der Waals surface area contributed by atoms with E-state index in [2.05, 4.69) is 26.1 Å². The van der Waals surface area contributed by atoms with Gasteiger partial charge in [0.2, 0.25) is 0 Å². The third kappa shape index (κ3) is 2.13. The summed E-state index contributed by atoms with van der Waals surface area (Å²) >= 11 is 0. The average Bonchev–Trinajstić information content (AvgIpc) is 2.80. The van der Waals surface area contributed by atoms with E-state index in [1.807, 2.05) is 43.3 Å². The lowest BCUT2D eigenvalue weighted by atomic mass is 9.69. The summed E-state index contributed by atoms with van der Waals surface area (Å²) in [4.78, 5) is 14.6. The Morgan fingerprint density at radius 1 is 1.18 bits per heavy atom. The molecule has 2 aliphatic rings. The maximum atomic E-state index is 12.6. The number of amides is 1. The largest absolute Gasteiger partial charge is 0.378 e. The fourth-order valence-electron chi connectivity index (χ4n) is 4.57. The van der Waals surface area contributed by atoms with Crippen molar-refractivity contribution in [3.8, 4) is 0 Å². The number of anilines is 1. The van der Waals surface area contributed by atoms with Gasteiger partial charge in [-0.3, -0.25) is 4.79 Å². The van der Waals surface area contributed by atoms with Gasteiger partial charge >= 0.3 is 0 Å². The van der Waals surface area contributed by atoms with E-state index in [1.54, 1.807) is 0 Å². The van der Waals surface area contributed by atoms with Crippen LogP contribution in [0.3, 0.4) is 0 Å². The maximum absolute atomic E-state index is 12.6. The lowest BCUT2D eigenvalue weighted by Gasteiger charge is -2.39. The van der Waals surface area contributed by atoms with Gasteiger partial charge in [-0.1, -0.05) is 20.8 Å². The highest BCUT2D eigenvalue weighted by Crippen LogP contribution is 2.65. The van der Waals surface area contributed by atoms with Gasteiger partial charge < -0.3 is 10.2 Å². The lowest BCUT2D eigenvalue weighted by Crippen LogP contribution is -2.46. The van der Waals surface area contributed by atoms with E-state index in [0.29, 0.717) is 11.5 Å². The molecule has 3 heteroatoms. The quantitative estimate of drug-likeness (QED) is 0.923. The molecule has 0 saturated heterocycles. The number of nitrogens with one attached hydrogen (secondary N) is 1. The second-order valence-electron chi connectivity index (χ2n) is 8.08. The minimum atomic E-state index is 0.0693. The number of nitrogens with zero attached hydrogens (tertiary/aromatic N) is 1. The third-order valence-electron chi connectivity index (χ3n) is 6.75. The Morgan fingerprint density at radius 2 is 1.82 bits per heavy atom. The number of hydrogen-bond acceptors (Lipinski definition) is 2. The number of fused-ring (bicyclic) bond motifs is 2. The molecule has 1 amide bonds. The number of rotatable bonds is 3. The van der Waals surface area contributed by atoms with Crippen LogP contribution in [0.25, 0.3) is 0 Å². The highest BCUT2D eigenvalue weighted by molar-refractivity contribution is 5.94. The van der Waals surface area contributed by atoms with Gasteiger partial charge in [0.1, 0.15) is 0 Å². The molecule has 0 radical (unpaired) electrons. The zero-order valence-electron chi connectivity index (χ0n) is 14.4. The first-order valence-electron chi connectivity index (χ1n) is 8.34. The van der Waals surface area contributed by atoms with Crippen molar-refractivity contribution in [1.29, 1.82) is 0 Å². The molecular formula is C19H28N2O. The molecule has 2 saturated carbocycles. The molecule has 3 atom stereocenters. The molecule has 3 rings (SSSR count). The van der Waals surface area contributed by atoms with Crippen LogP contribution in [0.5, 0.6) is 0 Å². The van der Waals surface area contributed by atoms with Gasteiger partial charge in [0.25, 0.3) is 5.91 Å². The summed E-state index contributed by atoms with van der Waals surface area (Å²) in [5.74, 6) is 0.818. The van der Waals surface area contributed by atoms with Crippen LogP contribution < -0.4 is 10.2 Å². The van der Waals surface area contributed by atoms with E-state index in [1.165, 1.54) is 12.8 Å². The minimum absolute atomic E-state index is 0.0693. The summed E-state index contributed by atoms with van der Waals surface area (Å²) in [6.45, 7) is 7.12. The Balaban J connectivity index is 1.73. The molecule has 2 fully saturated rings. The molecule has 0 aliphatic heterocycles. The first kappa shape index (κ1) is 15.4. The van der Waals surface area contributed by atoms with Crippen LogP contribution in [0.4, 0.5) is 5.69 Å². The highest BCUT2D eigenvalue weighted by atomic mass is 16.1. The van der Waals surface area contributed by atoms with Gasteiger partial charge in [0.05, 0.1) is 0 Å². The summed E-state index contributed by atoms with van der Waals surface area (Å²) in [7, 11) is 4.01. The molecule has 1 aromatic rings. The number of hydrogen-bond donors (Lipinski definition) is 1. The van der Waals surface area contributed by atoms with Gasteiger partial charge in [-0.15, -0.1) is 0 Å². The normalized spacial score (nSPS) is 32.0. The topological polar surface area (TPSA) is 32.3 Å². The van der Waals surface area contributed by atoms with Crippen LogP contribution in [0.15, 0.2) is 24.3 Å². The predicted molar refractivity (Wildman–Crippen MR) is 91.3 cm³/mol. The Hall–Kier alpha value is -1.51. The predicted octanol–water partition coefficient (Wildman–Crippen LogP) is 3.70. The Kier molecular flexibility index (Phi) is 3.50. The van der Waals surface area contributed by atoms with E-state index in [-0.39, 0.29) is 11.3 Å². The van der Waals surface area contributed by atoms with Crippen LogP contribution in [0.2, 0.25) is 0 Å². The first-order valence-corrected chi connectivity index (χ1v) is 8.34. The van der Waals surface area contributed by atoms with Crippen molar-refractivity contribution in [2.75, 3.05) is 19.0 Å². The SMILES string of the molecule is CN(C)c1ccc(C(=O)N[C@H]2C[C@H]3CC[C@]2(C)C3(C)C)cc1. The number of carbonyl (C=O) groups is 1. The fourth-order valence-corrected chi connectivity index (χ4v) is 4.57. The monoisotopic (exact) mass is 300 g/mol. The standard InChI is InChI=1S/C19H28N2O/c1-18(2)14-10-11-19(18,3)16(12-14)20-17(22)13-6-8-15(9-7-13)21(4)5/h6-9,14,16H,10-12H2,1-5H3,(H,20,22)/t14-,16+,19+/m1/s1. The maximum Gasteiger partial charge on any atom is 0.251 e. The molecule has 0 unspecified atom stereocenters. The van der Waals surface area contributed by atoms with Crippen molar-refractivity contribution < 1.29 is 4.79 Å². The molecule has 0 spiro atoms. The van der Waals surface area contributed by atoms with E-state index in [0.717, 1.165) is 23.6 Å². The van der Waals surface area contributed by atoms with Crippen molar-refractivity contribution in [1.82, 2.24) is 5.32 Å². The Morgan fingerprint density at radius 3 is 2.27 bits per heavy atom. The molecule has 2 aliphatic carbocycles. The van der Waals surface area contributed by atoms with Gasteiger partial charge in [0, 0.05) is 31.4 Å². The smallest absolute Gasteiger partial charge is 0.251 e. The van der Waals surface area contributed by atoms with Crippen LogP contribution in [0, 0.1) is 16.7 Å². The van der Waals surface area contributed by atoms with Crippen molar-refractivity contribution in [3.63, 3.8) is 0 Å². The van der Waals surface area contributed by atoms with Gasteiger partial charge in [0.15, 0.2) is 0 Å². The Labute approximate surface area is 134 Å². The molecule has 1 aromatic carbocycles. The van der Waals surface area contributed by atoms with Crippen LogP contribution in [-0.2, 0) is 0 Å².